The molecule has 3 saturated carbocycles. The predicted molar refractivity (Wildman–Crippen MR) is 369 cm³/mol. The maximum Gasteiger partial charge on any atom is 0.508 e. The maximum atomic E-state index is 14.2. The zero-order chi connectivity index (χ0) is 73.9. The van der Waals surface area contributed by atoms with Crippen LogP contribution in [0.2, 0.25) is 0 Å². The van der Waals surface area contributed by atoms with Gasteiger partial charge < -0.3 is 84.0 Å². The number of alkyl carbamates (subject to hydrolysis) is 1. The summed E-state index contributed by atoms with van der Waals surface area (Å²) in [5.74, 6) is 2.65. The number of aromatic nitrogens is 4. The molecule has 9 rings (SSSR count). The molecule has 3 aliphatic heterocycles. The highest BCUT2D eigenvalue weighted by atomic mass is 33.1. The summed E-state index contributed by atoms with van der Waals surface area (Å²) in [7, 11) is 8.33. The van der Waals surface area contributed by atoms with Gasteiger partial charge in [-0.1, -0.05) is 104 Å². The summed E-state index contributed by atoms with van der Waals surface area (Å²) in [5.41, 5.74) is 3.94. The number of imidazole rings is 1. The van der Waals surface area contributed by atoms with E-state index in [9.17, 15) is 74.8 Å². The van der Waals surface area contributed by atoms with Crippen molar-refractivity contribution in [1.29, 1.82) is 0 Å². The number of hydrogen-bond donors (Lipinski definition) is 6. The Morgan fingerprint density at radius 3 is 1.94 bits per heavy atom. The van der Waals surface area contributed by atoms with E-state index in [-0.39, 0.29) is 87.4 Å². The van der Waals surface area contributed by atoms with Crippen molar-refractivity contribution >= 4 is 112 Å². The Bertz CT molecular complexity index is 3220. The third-order valence-corrected chi connectivity index (χ3v) is 25.4. The van der Waals surface area contributed by atoms with Crippen LogP contribution in [0.5, 0.6) is 0 Å². The van der Waals surface area contributed by atoms with Crippen LogP contribution >= 0.6 is 64.8 Å². The molecule has 0 aromatic carbocycles. The molecule has 7 aliphatic rings. The zero-order valence-corrected chi connectivity index (χ0v) is 61.6. The first-order chi connectivity index (χ1) is 47.9. The van der Waals surface area contributed by atoms with Gasteiger partial charge >= 0.3 is 18.4 Å². The molecule has 5 heterocycles. The molecule has 1 unspecified atom stereocenters. The Kier molecular flexibility index (Phi) is 31.0. The van der Waals surface area contributed by atoms with Crippen LogP contribution in [0.4, 0.5) is 20.2 Å². The second-order valence-electron chi connectivity index (χ2n) is 25.9. The summed E-state index contributed by atoms with van der Waals surface area (Å²) in [6.07, 6.45) is 3.65. The number of nitrogens with one attached hydrogen (secondary N) is 1. The van der Waals surface area contributed by atoms with Gasteiger partial charge in [-0.25, -0.2) is 29.3 Å². The smallest absolute Gasteiger partial charge is 0.441 e. The summed E-state index contributed by atoms with van der Waals surface area (Å²) >= 11 is 0. The molecule has 1 amide bonds. The molecule has 42 heteroatoms. The number of nitrogen functional groups attached to an aromatic ring is 1. The standard InChI is InChI=1S/C30H42N2O10S2.C15H20N6O9S2.C14H26N2O7S2/c1-4-5-25-41-24-15-21-20-7-6-18-14-19(33)8-9-28(18,2)26(20)22(34)16-29(21,3)30(24,42-25)23(35)17-39-27(36)31-10-12-43-44-13-11-40-32(37)38;16-12-9-13(18-6-17-12)20(7-19-9)14-11(23)10(22)8(30-14)5-28-15(24)27-1-3-31-32-4-2-29-21(25)26;1-13(2)9-11(10-14(3,4)15(13)18)23-12(17)21-5-7-24-25-8-6-22-16(19)20/h8-9,14,20-22,24-26,34H,4-7,10-13,15-17H2,1-3H3,(H,31,36);6-8,10-11,14,22-23H,1-5H2,(H2,16,17,18);11,18H,5-10H2,1-4H3/t20-,21-,22-,24+,25?,26+,28-,29-,30+;8-,10-,11-,14-;/m01./s1. The number of anilines is 1. The number of aliphatic hydroxyl groups is 3. The third-order valence-electron chi connectivity index (χ3n) is 18.4. The quantitative estimate of drug-likeness (QED) is 0.0105. The molecule has 7 N–H and O–H groups in total. The fourth-order valence-electron chi connectivity index (χ4n) is 14.4. The Hall–Kier alpha value is -5.64. The molecule has 101 heavy (non-hydrogen) atoms. The van der Waals surface area contributed by atoms with Crippen molar-refractivity contribution in [3.8, 4) is 0 Å². The summed E-state index contributed by atoms with van der Waals surface area (Å²) in [6, 6.07) is 0. The van der Waals surface area contributed by atoms with Crippen molar-refractivity contribution < 1.29 is 112 Å². The van der Waals surface area contributed by atoms with E-state index in [0.717, 1.165) is 24.8 Å². The van der Waals surface area contributed by atoms with Crippen LogP contribution in [-0.4, -0.2) is 237 Å². The van der Waals surface area contributed by atoms with Gasteiger partial charge in [-0.15, -0.1) is 30.3 Å². The normalized spacial score (nSPS) is 28.9. The Balaban J connectivity index is 0.000000223. The van der Waals surface area contributed by atoms with E-state index >= 15 is 0 Å². The number of ether oxygens (including phenoxy) is 8. The largest absolute Gasteiger partial charge is 0.508 e. The average Bonchev–Trinajstić information content (AvgIpc) is 1.54. The van der Waals surface area contributed by atoms with Crippen molar-refractivity contribution in [3.05, 3.63) is 66.8 Å². The van der Waals surface area contributed by atoms with E-state index in [2.05, 4.69) is 41.7 Å². The zero-order valence-electron chi connectivity index (χ0n) is 56.7. The number of hydroxylamine groups is 2. The molecule has 0 radical (unpaired) electrons. The van der Waals surface area contributed by atoms with E-state index in [1.54, 1.807) is 12.2 Å². The van der Waals surface area contributed by atoms with Crippen LogP contribution in [0.25, 0.3) is 11.2 Å². The third kappa shape index (κ3) is 21.5. The van der Waals surface area contributed by atoms with Crippen molar-refractivity contribution in [2.45, 2.75) is 166 Å². The molecule has 566 valence electrons. The van der Waals surface area contributed by atoms with Gasteiger partial charge in [0.25, 0.3) is 15.3 Å². The van der Waals surface area contributed by atoms with Crippen LogP contribution in [0.15, 0.2) is 36.5 Å². The van der Waals surface area contributed by atoms with Crippen LogP contribution in [0, 0.1) is 58.9 Å². The first-order valence-corrected chi connectivity index (χ1v) is 39.9. The van der Waals surface area contributed by atoms with Gasteiger partial charge in [0.05, 0.1) is 18.5 Å². The number of fused-ring (bicyclic) bond motifs is 8. The number of allylic oxidation sites excluding steroid dienone is 4. The molecular formula is C59H88N10O26S6. The lowest BCUT2D eigenvalue weighted by Crippen LogP contribution is -2.63. The topological polar surface area (TPSA) is 482 Å². The monoisotopic (exact) mass is 1540 g/mol. The maximum absolute atomic E-state index is 14.2. The predicted octanol–water partition coefficient (Wildman–Crippen LogP) is 6.95. The van der Waals surface area contributed by atoms with Gasteiger partial charge in [0.2, 0.25) is 5.78 Å². The highest BCUT2D eigenvalue weighted by Gasteiger charge is 2.76. The van der Waals surface area contributed by atoms with Gasteiger partial charge in [0.1, 0.15) is 75.9 Å². The molecule has 4 aliphatic carbocycles. The second kappa shape index (κ2) is 37.9. The van der Waals surface area contributed by atoms with Crippen LogP contribution in [0.3, 0.4) is 0 Å². The number of rotatable bonds is 33. The minimum atomic E-state index is -1.35. The number of amides is 1. The molecule has 0 spiro atoms. The minimum Gasteiger partial charge on any atom is -0.441 e. The van der Waals surface area contributed by atoms with E-state index in [1.165, 1.54) is 87.0 Å². The molecule has 2 aromatic heterocycles. The number of carbonyl (C=O) groups excluding carboxylic acids is 5. The summed E-state index contributed by atoms with van der Waals surface area (Å²) < 4.78 is 45.7. The number of hydrogen-bond acceptors (Lipinski definition) is 37. The lowest BCUT2D eigenvalue weighted by atomic mass is 9.46. The first-order valence-electron chi connectivity index (χ1n) is 32.4. The summed E-state index contributed by atoms with van der Waals surface area (Å²) in [4.78, 5) is 117. The summed E-state index contributed by atoms with van der Waals surface area (Å²) in [5, 5.41) is 74.2. The Labute approximate surface area is 604 Å². The van der Waals surface area contributed by atoms with Gasteiger partial charge in [-0.05, 0) is 83.8 Å². The number of piperidine rings is 1. The van der Waals surface area contributed by atoms with Gasteiger partial charge in [-0.3, -0.25) is 14.2 Å². The number of carbonyl (C=O) groups is 5. The van der Waals surface area contributed by atoms with E-state index in [4.69, 9.17) is 43.6 Å². The highest BCUT2D eigenvalue weighted by molar-refractivity contribution is 8.77. The molecular weight excluding hydrogens is 1460 g/mol. The number of nitrogens with two attached hydrogens (primary N) is 1. The fourth-order valence-corrected chi connectivity index (χ4v) is 19.4. The molecule has 2 aromatic rings. The van der Waals surface area contributed by atoms with Crippen molar-refractivity contribution in [3.63, 3.8) is 0 Å². The number of Topliss-reactive ketones (excluding diaryl/α,β-unsaturated/α-hetero) is 1. The van der Waals surface area contributed by atoms with E-state index in [1.807, 2.05) is 47.6 Å². The Morgan fingerprint density at radius 1 is 0.762 bits per heavy atom. The Morgan fingerprint density at radius 2 is 1.35 bits per heavy atom. The first kappa shape index (κ1) is 82.6. The lowest BCUT2D eigenvalue weighted by molar-refractivity contribution is -0.756. The highest BCUT2D eigenvalue weighted by Crippen LogP contribution is 2.70. The SMILES string of the molecule is CC1(C)CC(OC(=O)OCCSSCCO[N+](=O)[O-])CC(C)(C)N1O.CCCC1O[C@@H]2C[C@H]3[C@@H]4CCC5=CC(=O)C=C[C@]5(C)[C@H]4[C@@H](O)C[C@]3(C)[C@]2(C(=O)COC(=O)NCCSSCCO[N+](=O)[O-])O1.Nc1ncnc2c1ncn2[C@@H]1O[C@H](COC(=O)OCCSSCCO[N+](=O)[O-])[C@@H](O)[C@H]1O. The summed E-state index contributed by atoms with van der Waals surface area (Å²) in [6.45, 7) is 13.4. The van der Waals surface area contributed by atoms with Crippen LogP contribution in [0.1, 0.15) is 106 Å². The number of aliphatic hydroxyl groups excluding tert-OH is 3. The van der Waals surface area contributed by atoms with Crippen molar-refractivity contribution in [2.24, 2.45) is 28.6 Å². The lowest BCUT2D eigenvalue weighted by Gasteiger charge is -2.59. The molecule has 13 atom stereocenters. The number of ketones is 2. The van der Waals surface area contributed by atoms with E-state index < -0.39 is 111 Å². The molecule has 36 nitrogen and oxygen atoms in total. The van der Waals surface area contributed by atoms with Gasteiger partial charge in [0, 0.05) is 81.7 Å². The van der Waals surface area contributed by atoms with Gasteiger partial charge in [0.15, 0.2) is 42.0 Å². The van der Waals surface area contributed by atoms with E-state index in [0.29, 0.717) is 77.8 Å². The molecule has 0 bridgehead atoms. The van der Waals surface area contributed by atoms with Gasteiger partial charge in [-0.2, -0.15) is 5.06 Å². The van der Waals surface area contributed by atoms with Crippen LogP contribution in [-0.2, 0) is 62.0 Å². The van der Waals surface area contributed by atoms with Crippen molar-refractivity contribution in [1.82, 2.24) is 29.9 Å². The fraction of sp³-hybridized carbons (Fsp3) is 0.763. The van der Waals surface area contributed by atoms with Crippen LogP contribution < -0.4 is 11.1 Å². The van der Waals surface area contributed by atoms with Crippen molar-refractivity contribution in [2.75, 3.05) is 93.0 Å². The number of nitrogens with zero attached hydrogens (tertiary/aromatic N) is 8. The minimum absolute atomic E-state index is 0.0104. The molecule has 6 fully saturated rings. The average molecular weight is 1550 g/mol. The second-order valence-corrected chi connectivity index (χ2v) is 34.0. The molecule has 3 saturated heterocycles.